The van der Waals surface area contributed by atoms with Gasteiger partial charge in [0.1, 0.15) is 0 Å². The van der Waals surface area contributed by atoms with E-state index in [9.17, 15) is 18.0 Å². The number of carboxylic acids is 1. The minimum absolute atomic E-state index is 0.0481. The lowest BCUT2D eigenvalue weighted by molar-refractivity contribution is -0.138. The van der Waals surface area contributed by atoms with E-state index in [-0.39, 0.29) is 18.3 Å². The maximum Gasteiger partial charge on any atom is 0.416 e. The largest absolute Gasteiger partial charge is 0.481 e. The van der Waals surface area contributed by atoms with Gasteiger partial charge in [0.05, 0.1) is 12.0 Å². The van der Waals surface area contributed by atoms with Crippen LogP contribution in [0.15, 0.2) is 24.3 Å². The van der Waals surface area contributed by atoms with Gasteiger partial charge in [0.25, 0.3) is 0 Å². The molecule has 1 aromatic carbocycles. The molecule has 0 heterocycles. The highest BCUT2D eigenvalue weighted by Gasteiger charge is 2.30. The first-order chi connectivity index (χ1) is 10.6. The summed E-state index contributed by atoms with van der Waals surface area (Å²) in [5, 5.41) is 8.82. The Kier molecular flexibility index (Phi) is 7.06. The van der Waals surface area contributed by atoms with E-state index in [1.165, 1.54) is 12.1 Å². The molecule has 0 aliphatic rings. The second-order valence-electron chi connectivity index (χ2n) is 6.17. The molecule has 0 bridgehead atoms. The third-order valence-corrected chi connectivity index (χ3v) is 4.08. The lowest BCUT2D eigenvalue weighted by atomic mass is 9.84. The predicted molar refractivity (Wildman–Crippen MR) is 82.9 cm³/mol. The highest BCUT2D eigenvalue weighted by molar-refractivity contribution is 5.67. The lowest BCUT2D eigenvalue weighted by Gasteiger charge is -2.24. The quantitative estimate of drug-likeness (QED) is 0.754. The average molecular weight is 331 g/mol. The van der Waals surface area contributed by atoms with Crippen LogP contribution in [0.25, 0.3) is 0 Å². The highest BCUT2D eigenvalue weighted by Crippen LogP contribution is 2.30. The van der Waals surface area contributed by atoms with E-state index in [4.69, 9.17) is 10.8 Å². The van der Waals surface area contributed by atoms with Gasteiger partial charge in [-0.3, -0.25) is 4.79 Å². The van der Waals surface area contributed by atoms with Crippen LogP contribution < -0.4 is 5.73 Å². The van der Waals surface area contributed by atoms with Crippen LogP contribution in [0.3, 0.4) is 0 Å². The van der Waals surface area contributed by atoms with Gasteiger partial charge < -0.3 is 10.8 Å². The van der Waals surface area contributed by atoms with Gasteiger partial charge in [-0.1, -0.05) is 38.5 Å². The minimum Gasteiger partial charge on any atom is -0.481 e. The standard InChI is InChI=1S/C17H24F3NO2/c1-3-13(15(21)10-16(22)23)8-11(2)7-12-5-4-6-14(9-12)17(18,19)20/h4-6,9,11,13,15H,3,7-8,10,21H2,1-2H3,(H,22,23). The second-order valence-corrected chi connectivity index (χ2v) is 6.17. The zero-order valence-electron chi connectivity index (χ0n) is 13.4. The summed E-state index contributed by atoms with van der Waals surface area (Å²) >= 11 is 0. The van der Waals surface area contributed by atoms with E-state index >= 15 is 0 Å². The monoisotopic (exact) mass is 331 g/mol. The fraction of sp³-hybridized carbons (Fsp3) is 0.588. The van der Waals surface area contributed by atoms with Crippen molar-refractivity contribution in [2.24, 2.45) is 17.6 Å². The summed E-state index contributed by atoms with van der Waals surface area (Å²) < 4.78 is 38.2. The van der Waals surface area contributed by atoms with Gasteiger partial charge in [-0.05, 0) is 36.3 Å². The Morgan fingerprint density at radius 2 is 2.00 bits per heavy atom. The first-order valence-corrected chi connectivity index (χ1v) is 7.77. The Morgan fingerprint density at radius 1 is 1.35 bits per heavy atom. The maximum absolute atomic E-state index is 12.7. The van der Waals surface area contributed by atoms with Crippen molar-refractivity contribution < 1.29 is 23.1 Å². The molecular formula is C17H24F3NO2. The number of aliphatic carboxylic acids is 1. The molecule has 0 fully saturated rings. The molecule has 1 rings (SSSR count). The third-order valence-electron chi connectivity index (χ3n) is 4.08. The van der Waals surface area contributed by atoms with Gasteiger partial charge in [0.15, 0.2) is 0 Å². The molecular weight excluding hydrogens is 307 g/mol. The van der Waals surface area contributed by atoms with Crippen LogP contribution in [-0.2, 0) is 17.4 Å². The maximum atomic E-state index is 12.7. The van der Waals surface area contributed by atoms with E-state index in [0.717, 1.165) is 12.5 Å². The Labute approximate surface area is 134 Å². The number of carboxylic acid groups (broad SMARTS) is 1. The van der Waals surface area contributed by atoms with Crippen molar-refractivity contribution in [2.75, 3.05) is 0 Å². The normalized spacial score (nSPS) is 15.9. The summed E-state index contributed by atoms with van der Waals surface area (Å²) in [6.45, 7) is 3.90. The Morgan fingerprint density at radius 3 is 2.52 bits per heavy atom. The van der Waals surface area contributed by atoms with Crippen LogP contribution in [0, 0.1) is 11.8 Å². The summed E-state index contributed by atoms with van der Waals surface area (Å²) in [6.07, 6.45) is -2.47. The fourth-order valence-corrected chi connectivity index (χ4v) is 2.89. The molecule has 0 saturated carbocycles. The molecule has 6 heteroatoms. The van der Waals surface area contributed by atoms with Crippen molar-refractivity contribution >= 4 is 5.97 Å². The number of alkyl halides is 3. The van der Waals surface area contributed by atoms with Gasteiger partial charge in [0.2, 0.25) is 0 Å². The van der Waals surface area contributed by atoms with Crippen molar-refractivity contribution in [1.29, 1.82) is 0 Å². The molecule has 0 saturated heterocycles. The first-order valence-electron chi connectivity index (χ1n) is 7.77. The van der Waals surface area contributed by atoms with Crippen molar-refractivity contribution in [3.8, 4) is 0 Å². The van der Waals surface area contributed by atoms with Crippen LogP contribution in [0.1, 0.15) is 44.2 Å². The molecule has 130 valence electrons. The summed E-state index contributed by atoms with van der Waals surface area (Å²) in [6, 6.07) is 4.91. The predicted octanol–water partition coefficient (Wildman–Crippen LogP) is 4.10. The van der Waals surface area contributed by atoms with Crippen LogP contribution in [-0.4, -0.2) is 17.1 Å². The fourth-order valence-electron chi connectivity index (χ4n) is 2.89. The number of hydrogen-bond donors (Lipinski definition) is 2. The van der Waals surface area contributed by atoms with Gasteiger partial charge in [-0.25, -0.2) is 0 Å². The average Bonchev–Trinajstić information content (AvgIpc) is 2.43. The van der Waals surface area contributed by atoms with Crippen LogP contribution in [0.5, 0.6) is 0 Å². The molecule has 0 aliphatic heterocycles. The number of benzene rings is 1. The van der Waals surface area contributed by atoms with Crippen molar-refractivity contribution in [3.63, 3.8) is 0 Å². The molecule has 3 unspecified atom stereocenters. The van der Waals surface area contributed by atoms with E-state index < -0.39 is 23.8 Å². The SMILES string of the molecule is CCC(CC(C)Cc1cccc(C(F)(F)F)c1)C(N)CC(=O)O. The molecule has 3 atom stereocenters. The molecule has 3 N–H and O–H groups in total. The zero-order valence-corrected chi connectivity index (χ0v) is 13.4. The number of carbonyl (C=O) groups is 1. The Balaban J connectivity index is 2.68. The zero-order chi connectivity index (χ0) is 17.6. The lowest BCUT2D eigenvalue weighted by Crippen LogP contribution is -2.33. The number of nitrogens with two attached hydrogens (primary N) is 1. The van der Waals surface area contributed by atoms with Gasteiger partial charge in [-0.2, -0.15) is 13.2 Å². The van der Waals surface area contributed by atoms with Crippen LogP contribution >= 0.6 is 0 Å². The summed E-state index contributed by atoms with van der Waals surface area (Å²) in [5.41, 5.74) is 5.91. The van der Waals surface area contributed by atoms with Gasteiger partial charge in [-0.15, -0.1) is 0 Å². The van der Waals surface area contributed by atoms with E-state index in [2.05, 4.69) is 0 Å². The molecule has 1 aromatic rings. The smallest absolute Gasteiger partial charge is 0.416 e. The molecule has 0 spiro atoms. The summed E-state index contributed by atoms with van der Waals surface area (Å²) in [4.78, 5) is 10.8. The molecule has 0 radical (unpaired) electrons. The van der Waals surface area contributed by atoms with Crippen molar-refractivity contribution in [3.05, 3.63) is 35.4 Å². The van der Waals surface area contributed by atoms with Crippen LogP contribution in [0.4, 0.5) is 13.2 Å². The minimum atomic E-state index is -4.34. The molecule has 0 aliphatic carbocycles. The second kappa shape index (κ2) is 8.34. The van der Waals surface area contributed by atoms with E-state index in [1.807, 2.05) is 13.8 Å². The van der Waals surface area contributed by atoms with Crippen LogP contribution in [0.2, 0.25) is 0 Å². The highest BCUT2D eigenvalue weighted by atomic mass is 19.4. The van der Waals surface area contributed by atoms with Gasteiger partial charge >= 0.3 is 12.1 Å². The van der Waals surface area contributed by atoms with Gasteiger partial charge in [0, 0.05) is 6.04 Å². The number of rotatable bonds is 8. The third kappa shape index (κ3) is 6.60. The number of hydrogen-bond acceptors (Lipinski definition) is 2. The number of halogens is 3. The molecule has 3 nitrogen and oxygen atoms in total. The molecule has 23 heavy (non-hydrogen) atoms. The Bertz CT molecular complexity index is 517. The van der Waals surface area contributed by atoms with E-state index in [0.29, 0.717) is 18.4 Å². The topological polar surface area (TPSA) is 63.3 Å². The van der Waals surface area contributed by atoms with Crippen molar-refractivity contribution in [1.82, 2.24) is 0 Å². The molecule has 0 aromatic heterocycles. The molecule has 0 amide bonds. The Hall–Kier alpha value is -1.56. The first kappa shape index (κ1) is 19.5. The van der Waals surface area contributed by atoms with E-state index in [1.54, 1.807) is 6.07 Å². The summed E-state index contributed by atoms with van der Waals surface area (Å²) in [5.74, 6) is -0.753. The van der Waals surface area contributed by atoms with Crippen molar-refractivity contribution in [2.45, 2.75) is 51.7 Å². The summed E-state index contributed by atoms with van der Waals surface area (Å²) in [7, 11) is 0.